The van der Waals surface area contributed by atoms with Crippen LogP contribution < -0.4 is 5.73 Å². The first-order valence-electron chi connectivity index (χ1n) is 5.68. The minimum atomic E-state index is -2.53. The molecule has 1 rings (SSSR count). The van der Waals surface area contributed by atoms with Crippen molar-refractivity contribution in [2.24, 2.45) is 5.73 Å². The molecule has 0 saturated carbocycles. The van der Waals surface area contributed by atoms with E-state index < -0.39 is 18.8 Å². The van der Waals surface area contributed by atoms with Gasteiger partial charge in [0.2, 0.25) is 0 Å². The number of halogens is 3. The number of alkyl halides is 2. The van der Waals surface area contributed by atoms with Crippen molar-refractivity contribution in [3.05, 3.63) is 35.1 Å². The fourth-order valence-electron chi connectivity index (χ4n) is 1.75. The average molecular weight is 275 g/mol. The van der Waals surface area contributed by atoms with Gasteiger partial charge in [0.25, 0.3) is 6.43 Å². The van der Waals surface area contributed by atoms with Gasteiger partial charge < -0.3 is 10.8 Å². The first-order chi connectivity index (χ1) is 8.93. The van der Waals surface area contributed by atoms with Crippen LogP contribution in [0.3, 0.4) is 0 Å². The normalized spacial score (nSPS) is 11.3. The molecule has 0 unspecified atom stereocenters. The number of aliphatic hydroxyl groups is 1. The summed E-state index contributed by atoms with van der Waals surface area (Å²) in [5, 5.41) is 16.2. The highest BCUT2D eigenvalue weighted by atomic mass is 19.3. The van der Waals surface area contributed by atoms with Crippen molar-refractivity contribution >= 4 is 5.84 Å². The summed E-state index contributed by atoms with van der Waals surface area (Å²) in [4.78, 5) is 1.32. The van der Waals surface area contributed by atoms with E-state index in [4.69, 9.17) is 16.2 Å². The summed E-state index contributed by atoms with van der Waals surface area (Å²) in [6, 6.07) is 3.68. The maximum Gasteiger partial charge on any atom is 0.251 e. The molecule has 0 spiro atoms. The lowest BCUT2D eigenvalue weighted by Gasteiger charge is -2.22. The zero-order chi connectivity index (χ0) is 14.4. The molecular formula is C12H16F3N3O. The second-order valence-electron chi connectivity index (χ2n) is 4.06. The molecule has 0 aliphatic heterocycles. The third-order valence-electron chi connectivity index (χ3n) is 2.57. The maximum atomic E-state index is 13.1. The number of nitrogens with zero attached hydrogens (tertiary/aromatic N) is 1. The highest BCUT2D eigenvalue weighted by molar-refractivity contribution is 5.96. The van der Waals surface area contributed by atoms with E-state index in [2.05, 4.69) is 0 Å². The molecule has 1 aromatic rings. The predicted molar refractivity (Wildman–Crippen MR) is 65.8 cm³/mol. The monoisotopic (exact) mass is 275 g/mol. The van der Waals surface area contributed by atoms with Crippen LogP contribution in [0.15, 0.2) is 18.2 Å². The van der Waals surface area contributed by atoms with E-state index in [1.54, 1.807) is 0 Å². The van der Waals surface area contributed by atoms with Gasteiger partial charge in [0.15, 0.2) is 0 Å². The number of aliphatic hydroxyl groups excluding tert-OH is 1. The quantitative estimate of drug-likeness (QED) is 0.516. The summed E-state index contributed by atoms with van der Waals surface area (Å²) < 4.78 is 37.8. The fourth-order valence-corrected chi connectivity index (χ4v) is 1.75. The highest BCUT2D eigenvalue weighted by Crippen LogP contribution is 2.14. The molecule has 19 heavy (non-hydrogen) atoms. The smallest absolute Gasteiger partial charge is 0.251 e. The van der Waals surface area contributed by atoms with Crippen molar-refractivity contribution in [3.63, 3.8) is 0 Å². The molecule has 0 radical (unpaired) electrons. The van der Waals surface area contributed by atoms with Crippen LogP contribution in [0.5, 0.6) is 0 Å². The molecule has 0 saturated heterocycles. The zero-order valence-electron chi connectivity index (χ0n) is 10.2. The van der Waals surface area contributed by atoms with Crippen LogP contribution in [0, 0.1) is 11.2 Å². The molecule has 0 aliphatic rings. The van der Waals surface area contributed by atoms with Gasteiger partial charge in [-0.3, -0.25) is 10.3 Å². The third-order valence-corrected chi connectivity index (χ3v) is 2.57. The number of hydrogen-bond donors (Lipinski definition) is 3. The number of benzene rings is 1. The van der Waals surface area contributed by atoms with Crippen molar-refractivity contribution in [3.8, 4) is 0 Å². The van der Waals surface area contributed by atoms with Crippen LogP contribution in [-0.2, 0) is 6.54 Å². The van der Waals surface area contributed by atoms with Gasteiger partial charge in [-0.25, -0.2) is 13.2 Å². The highest BCUT2D eigenvalue weighted by Gasteiger charge is 2.15. The Balaban J connectivity index is 2.91. The SMILES string of the molecule is N=C(N)c1cc(F)ccc1CN(CCO)CC(F)F. The van der Waals surface area contributed by atoms with Crippen molar-refractivity contribution < 1.29 is 18.3 Å². The lowest BCUT2D eigenvalue weighted by molar-refractivity contribution is 0.0746. The van der Waals surface area contributed by atoms with Gasteiger partial charge in [-0.15, -0.1) is 0 Å². The van der Waals surface area contributed by atoms with E-state index in [1.807, 2.05) is 0 Å². The summed E-state index contributed by atoms with van der Waals surface area (Å²) in [6.07, 6.45) is -2.53. The maximum absolute atomic E-state index is 13.1. The summed E-state index contributed by atoms with van der Waals surface area (Å²) in [6.45, 7) is -0.627. The molecule has 0 atom stereocenters. The van der Waals surface area contributed by atoms with Crippen LogP contribution in [0.4, 0.5) is 13.2 Å². The second kappa shape index (κ2) is 7.10. The number of hydrogen-bond acceptors (Lipinski definition) is 3. The van der Waals surface area contributed by atoms with Crippen LogP contribution in [0.2, 0.25) is 0 Å². The van der Waals surface area contributed by atoms with Crippen molar-refractivity contribution in [1.82, 2.24) is 4.90 Å². The molecule has 0 aromatic heterocycles. The molecule has 0 bridgehead atoms. The molecule has 0 heterocycles. The Hall–Kier alpha value is -1.60. The largest absolute Gasteiger partial charge is 0.395 e. The Labute approximate surface area is 109 Å². The minimum Gasteiger partial charge on any atom is -0.395 e. The first-order valence-corrected chi connectivity index (χ1v) is 5.68. The molecule has 4 N–H and O–H groups in total. The average Bonchev–Trinajstić information content (AvgIpc) is 2.30. The number of nitrogens with one attached hydrogen (secondary N) is 1. The number of amidine groups is 1. The standard InChI is InChI=1S/C12H16F3N3O/c13-9-2-1-8(10(5-9)12(16)17)6-18(3-4-19)7-11(14)15/h1-2,5,11,19H,3-4,6-7H2,(H3,16,17). The van der Waals surface area contributed by atoms with Crippen molar-refractivity contribution in [2.75, 3.05) is 19.7 Å². The number of nitrogens with two attached hydrogens (primary N) is 1. The summed E-state index contributed by atoms with van der Waals surface area (Å²) in [5.74, 6) is -0.869. The van der Waals surface area contributed by atoms with Crippen LogP contribution in [0.1, 0.15) is 11.1 Å². The Bertz CT molecular complexity index is 440. The Morgan fingerprint density at radius 2 is 2.11 bits per heavy atom. The summed E-state index contributed by atoms with van der Waals surface area (Å²) in [5.41, 5.74) is 5.99. The van der Waals surface area contributed by atoms with E-state index >= 15 is 0 Å². The number of rotatable bonds is 7. The summed E-state index contributed by atoms with van der Waals surface area (Å²) in [7, 11) is 0. The molecule has 0 fully saturated rings. The lowest BCUT2D eigenvalue weighted by Crippen LogP contribution is -2.32. The van der Waals surface area contributed by atoms with Gasteiger partial charge in [-0.05, 0) is 17.7 Å². The second-order valence-corrected chi connectivity index (χ2v) is 4.06. The van der Waals surface area contributed by atoms with Gasteiger partial charge in [-0.1, -0.05) is 6.07 Å². The van der Waals surface area contributed by atoms with Crippen LogP contribution in [0.25, 0.3) is 0 Å². The predicted octanol–water partition coefficient (Wildman–Crippen LogP) is 1.17. The Kier molecular flexibility index (Phi) is 5.78. The molecule has 106 valence electrons. The Morgan fingerprint density at radius 1 is 1.42 bits per heavy atom. The minimum absolute atomic E-state index is 0.0685. The fraction of sp³-hybridized carbons (Fsp3) is 0.417. The first kappa shape index (κ1) is 15.5. The van der Waals surface area contributed by atoms with Gasteiger partial charge >= 0.3 is 0 Å². The topological polar surface area (TPSA) is 73.3 Å². The van der Waals surface area contributed by atoms with Gasteiger partial charge in [0.05, 0.1) is 13.2 Å². The molecule has 0 aliphatic carbocycles. The molecule has 0 amide bonds. The van der Waals surface area contributed by atoms with Gasteiger partial charge in [0.1, 0.15) is 11.7 Å². The molecule has 7 heteroatoms. The lowest BCUT2D eigenvalue weighted by atomic mass is 10.1. The third kappa shape index (κ3) is 4.88. The molecular weight excluding hydrogens is 259 g/mol. The van der Waals surface area contributed by atoms with E-state index in [0.717, 1.165) is 6.07 Å². The molecule has 1 aromatic carbocycles. The molecule has 4 nitrogen and oxygen atoms in total. The summed E-state index contributed by atoms with van der Waals surface area (Å²) >= 11 is 0. The van der Waals surface area contributed by atoms with Gasteiger partial charge in [-0.2, -0.15) is 0 Å². The van der Waals surface area contributed by atoms with E-state index in [9.17, 15) is 13.2 Å². The number of nitrogen functional groups attached to an aromatic ring is 1. The van der Waals surface area contributed by atoms with E-state index in [-0.39, 0.29) is 31.1 Å². The van der Waals surface area contributed by atoms with Crippen LogP contribution in [-0.4, -0.2) is 42.0 Å². The zero-order valence-corrected chi connectivity index (χ0v) is 10.2. The van der Waals surface area contributed by atoms with Crippen molar-refractivity contribution in [1.29, 1.82) is 5.41 Å². The van der Waals surface area contributed by atoms with Gasteiger partial charge in [0, 0.05) is 18.7 Å². The Morgan fingerprint density at radius 3 is 2.63 bits per heavy atom. The van der Waals surface area contributed by atoms with E-state index in [1.165, 1.54) is 17.0 Å². The van der Waals surface area contributed by atoms with Crippen LogP contribution >= 0.6 is 0 Å². The van der Waals surface area contributed by atoms with Crippen molar-refractivity contribution in [2.45, 2.75) is 13.0 Å². The van der Waals surface area contributed by atoms with E-state index in [0.29, 0.717) is 5.56 Å².